The molecular weight excluding hydrogens is 180 g/mol. The minimum Gasteiger partial charge on any atom is -0.389 e. The highest BCUT2D eigenvalue weighted by Crippen LogP contribution is 2.04. The Morgan fingerprint density at radius 1 is 1.64 bits per heavy atom. The van der Waals surface area contributed by atoms with E-state index < -0.39 is 5.60 Å². The fourth-order valence-electron chi connectivity index (χ4n) is 1.07. The van der Waals surface area contributed by atoms with E-state index in [1.807, 2.05) is 6.92 Å². The fourth-order valence-corrected chi connectivity index (χ4v) is 1.07. The maximum absolute atomic E-state index is 11.5. The number of nitrogens with one attached hydrogen (secondary N) is 1. The molecule has 0 aliphatic heterocycles. The maximum atomic E-state index is 11.5. The van der Waals surface area contributed by atoms with Gasteiger partial charge in [-0.2, -0.15) is 0 Å². The van der Waals surface area contributed by atoms with Crippen LogP contribution in [0.25, 0.3) is 0 Å². The molecule has 82 valence electrons. The van der Waals surface area contributed by atoms with Crippen molar-refractivity contribution in [2.75, 3.05) is 19.6 Å². The van der Waals surface area contributed by atoms with Gasteiger partial charge in [0.1, 0.15) is 0 Å². The van der Waals surface area contributed by atoms with Crippen LogP contribution in [0.1, 0.15) is 20.8 Å². The summed E-state index contributed by atoms with van der Waals surface area (Å²) in [5, 5.41) is 12.2. The van der Waals surface area contributed by atoms with Gasteiger partial charge in [0.2, 0.25) is 0 Å². The Kier molecular flexibility index (Phi) is 5.23. The summed E-state index contributed by atoms with van der Waals surface area (Å²) in [6.07, 6.45) is 1.62. The first-order valence-electron chi connectivity index (χ1n) is 4.76. The number of hydrogen-bond donors (Lipinski definition) is 2. The second-order valence-corrected chi connectivity index (χ2v) is 3.80. The number of likely N-dealkylation sites (N-methyl/N-ethyl adjacent to an activating group) is 1. The Labute approximate surface area is 85.6 Å². The maximum Gasteiger partial charge on any atom is 0.317 e. The van der Waals surface area contributed by atoms with Crippen LogP contribution in [0.5, 0.6) is 0 Å². The van der Waals surface area contributed by atoms with Crippen LogP contribution in [-0.2, 0) is 0 Å². The molecule has 0 aliphatic rings. The van der Waals surface area contributed by atoms with Gasteiger partial charge in [-0.1, -0.05) is 6.08 Å². The minimum absolute atomic E-state index is 0.172. The molecule has 0 fully saturated rings. The lowest BCUT2D eigenvalue weighted by Crippen LogP contribution is -2.46. The second-order valence-electron chi connectivity index (χ2n) is 3.80. The van der Waals surface area contributed by atoms with Crippen molar-refractivity contribution in [3.05, 3.63) is 12.7 Å². The largest absolute Gasteiger partial charge is 0.389 e. The van der Waals surface area contributed by atoms with Gasteiger partial charge in [-0.05, 0) is 20.8 Å². The van der Waals surface area contributed by atoms with Gasteiger partial charge in [-0.25, -0.2) is 4.79 Å². The minimum atomic E-state index is -0.860. The van der Waals surface area contributed by atoms with E-state index in [4.69, 9.17) is 0 Å². The van der Waals surface area contributed by atoms with Crippen LogP contribution in [0.3, 0.4) is 0 Å². The van der Waals surface area contributed by atoms with Crippen molar-refractivity contribution in [1.29, 1.82) is 0 Å². The average Bonchev–Trinajstić information content (AvgIpc) is 2.08. The molecule has 0 aliphatic carbocycles. The zero-order valence-electron chi connectivity index (χ0n) is 9.21. The van der Waals surface area contributed by atoms with Crippen molar-refractivity contribution in [1.82, 2.24) is 10.2 Å². The molecule has 0 atom stereocenters. The van der Waals surface area contributed by atoms with E-state index in [0.717, 1.165) is 0 Å². The van der Waals surface area contributed by atoms with Crippen LogP contribution in [0.4, 0.5) is 4.79 Å². The highest BCUT2D eigenvalue weighted by atomic mass is 16.3. The standard InChI is InChI=1S/C10H20N2O2/c1-5-7-11-9(13)12(6-2)8-10(3,4)14/h5,14H,1,6-8H2,2-4H3,(H,11,13). The van der Waals surface area contributed by atoms with Crippen LogP contribution in [-0.4, -0.2) is 41.3 Å². The molecule has 4 nitrogen and oxygen atoms in total. The third kappa shape index (κ3) is 5.59. The van der Waals surface area contributed by atoms with E-state index in [1.54, 1.807) is 24.8 Å². The molecule has 14 heavy (non-hydrogen) atoms. The van der Waals surface area contributed by atoms with Crippen LogP contribution in [0, 0.1) is 0 Å². The lowest BCUT2D eigenvalue weighted by Gasteiger charge is -2.28. The SMILES string of the molecule is C=CCNC(=O)N(CC)CC(C)(C)O. The Bertz CT molecular complexity index is 197. The molecule has 0 unspecified atom stereocenters. The Morgan fingerprint density at radius 2 is 2.21 bits per heavy atom. The number of nitrogens with zero attached hydrogens (tertiary/aromatic N) is 1. The average molecular weight is 200 g/mol. The second kappa shape index (κ2) is 5.65. The first-order chi connectivity index (χ1) is 6.40. The van der Waals surface area contributed by atoms with E-state index in [-0.39, 0.29) is 6.03 Å². The Hall–Kier alpha value is -1.03. The summed E-state index contributed by atoms with van der Waals surface area (Å²) >= 11 is 0. The summed E-state index contributed by atoms with van der Waals surface area (Å²) in [4.78, 5) is 13.0. The van der Waals surface area contributed by atoms with Crippen molar-refractivity contribution in [3.8, 4) is 0 Å². The molecule has 0 bridgehead atoms. The summed E-state index contributed by atoms with van der Waals surface area (Å²) in [5.74, 6) is 0. The van der Waals surface area contributed by atoms with Crippen molar-refractivity contribution >= 4 is 6.03 Å². The summed E-state index contributed by atoms with van der Waals surface area (Å²) in [7, 11) is 0. The van der Waals surface area contributed by atoms with Crippen LogP contribution >= 0.6 is 0 Å². The van der Waals surface area contributed by atoms with E-state index >= 15 is 0 Å². The van der Waals surface area contributed by atoms with Crippen molar-refractivity contribution in [2.45, 2.75) is 26.4 Å². The van der Waals surface area contributed by atoms with E-state index in [0.29, 0.717) is 19.6 Å². The quantitative estimate of drug-likeness (QED) is 0.650. The third-order valence-corrected chi connectivity index (χ3v) is 1.64. The highest BCUT2D eigenvalue weighted by molar-refractivity contribution is 5.74. The first kappa shape index (κ1) is 13.0. The van der Waals surface area contributed by atoms with Crippen molar-refractivity contribution in [3.63, 3.8) is 0 Å². The monoisotopic (exact) mass is 200 g/mol. The molecule has 0 saturated carbocycles. The predicted molar refractivity (Wildman–Crippen MR) is 57.1 cm³/mol. The molecule has 0 saturated heterocycles. The van der Waals surface area contributed by atoms with Gasteiger partial charge in [-0.3, -0.25) is 0 Å². The zero-order chi connectivity index (χ0) is 11.2. The van der Waals surface area contributed by atoms with Gasteiger partial charge in [0.05, 0.1) is 12.1 Å². The highest BCUT2D eigenvalue weighted by Gasteiger charge is 2.20. The van der Waals surface area contributed by atoms with Crippen LogP contribution in [0.2, 0.25) is 0 Å². The predicted octanol–water partition coefficient (Wildman–Crippen LogP) is 0.975. The van der Waals surface area contributed by atoms with Crippen molar-refractivity contribution in [2.24, 2.45) is 0 Å². The molecule has 0 spiro atoms. The zero-order valence-corrected chi connectivity index (χ0v) is 9.21. The molecule has 2 N–H and O–H groups in total. The fraction of sp³-hybridized carbons (Fsp3) is 0.700. The number of carbonyl (C=O) groups excluding carboxylic acids is 1. The molecule has 0 aromatic heterocycles. The molecule has 0 aromatic rings. The molecule has 0 rings (SSSR count). The molecule has 0 aromatic carbocycles. The van der Waals surface area contributed by atoms with Gasteiger partial charge in [-0.15, -0.1) is 6.58 Å². The summed E-state index contributed by atoms with van der Waals surface area (Å²) in [5.41, 5.74) is -0.860. The Morgan fingerprint density at radius 3 is 2.57 bits per heavy atom. The number of amides is 2. The summed E-state index contributed by atoms with van der Waals surface area (Å²) in [6.45, 7) is 10.1. The van der Waals surface area contributed by atoms with Gasteiger partial charge < -0.3 is 15.3 Å². The number of carbonyl (C=O) groups is 1. The molecular formula is C10H20N2O2. The molecule has 4 heteroatoms. The number of hydrogen-bond acceptors (Lipinski definition) is 2. The lowest BCUT2D eigenvalue weighted by atomic mass is 10.1. The van der Waals surface area contributed by atoms with Crippen LogP contribution in [0.15, 0.2) is 12.7 Å². The Balaban J connectivity index is 4.12. The van der Waals surface area contributed by atoms with Gasteiger partial charge in [0.15, 0.2) is 0 Å². The van der Waals surface area contributed by atoms with E-state index in [9.17, 15) is 9.90 Å². The van der Waals surface area contributed by atoms with E-state index in [2.05, 4.69) is 11.9 Å². The number of urea groups is 1. The van der Waals surface area contributed by atoms with Crippen LogP contribution < -0.4 is 5.32 Å². The summed E-state index contributed by atoms with van der Waals surface area (Å²) in [6, 6.07) is -0.172. The first-order valence-corrected chi connectivity index (χ1v) is 4.76. The number of rotatable bonds is 5. The topological polar surface area (TPSA) is 52.6 Å². The molecule has 2 amide bonds. The number of aliphatic hydroxyl groups is 1. The smallest absolute Gasteiger partial charge is 0.317 e. The van der Waals surface area contributed by atoms with E-state index in [1.165, 1.54) is 0 Å². The lowest BCUT2D eigenvalue weighted by molar-refractivity contribution is 0.0482. The molecule has 0 heterocycles. The van der Waals surface area contributed by atoms with Crippen molar-refractivity contribution < 1.29 is 9.90 Å². The third-order valence-electron chi connectivity index (χ3n) is 1.64. The van der Waals surface area contributed by atoms with Gasteiger partial charge in [0.25, 0.3) is 0 Å². The normalized spacial score (nSPS) is 10.9. The van der Waals surface area contributed by atoms with Gasteiger partial charge >= 0.3 is 6.03 Å². The summed E-state index contributed by atoms with van der Waals surface area (Å²) < 4.78 is 0. The van der Waals surface area contributed by atoms with Gasteiger partial charge in [0, 0.05) is 13.1 Å². The molecule has 0 radical (unpaired) electrons.